The lowest BCUT2D eigenvalue weighted by Gasteiger charge is -2.26. The quantitative estimate of drug-likeness (QED) is 0.418. The van der Waals surface area contributed by atoms with Crippen LogP contribution in [0.15, 0.2) is 29.4 Å². The van der Waals surface area contributed by atoms with Crippen molar-refractivity contribution in [2.75, 3.05) is 20.1 Å². The molecule has 0 aliphatic heterocycles. The second-order valence-corrected chi connectivity index (χ2v) is 6.54. The van der Waals surface area contributed by atoms with E-state index < -0.39 is 0 Å². The van der Waals surface area contributed by atoms with Crippen molar-refractivity contribution in [2.45, 2.75) is 52.9 Å². The van der Waals surface area contributed by atoms with Crippen LogP contribution in [0.3, 0.4) is 0 Å². The Morgan fingerprint density at radius 3 is 2.68 bits per heavy atom. The summed E-state index contributed by atoms with van der Waals surface area (Å²) in [5.74, 6) is 0.875. The maximum atomic E-state index is 4.33. The van der Waals surface area contributed by atoms with Crippen molar-refractivity contribution < 1.29 is 0 Å². The average molecular weight is 304 g/mol. The molecule has 0 unspecified atom stereocenters. The lowest BCUT2D eigenvalue weighted by Crippen LogP contribution is -2.42. The van der Waals surface area contributed by atoms with Gasteiger partial charge >= 0.3 is 0 Å². The van der Waals surface area contributed by atoms with Crippen molar-refractivity contribution in [2.24, 2.45) is 10.4 Å². The lowest BCUT2D eigenvalue weighted by atomic mass is 9.87. The van der Waals surface area contributed by atoms with E-state index in [0.717, 1.165) is 31.2 Å². The number of guanidine groups is 1. The number of hydrogen-bond acceptors (Lipinski definition) is 2. The van der Waals surface area contributed by atoms with E-state index in [9.17, 15) is 0 Å². The summed E-state index contributed by atoms with van der Waals surface area (Å²) in [4.78, 5) is 8.62. The fourth-order valence-corrected chi connectivity index (χ4v) is 2.34. The molecule has 0 spiro atoms. The van der Waals surface area contributed by atoms with Gasteiger partial charge in [-0.05, 0) is 24.0 Å². The van der Waals surface area contributed by atoms with Crippen molar-refractivity contribution in [3.63, 3.8) is 0 Å². The van der Waals surface area contributed by atoms with Crippen molar-refractivity contribution in [1.29, 1.82) is 0 Å². The second-order valence-electron chi connectivity index (χ2n) is 6.54. The third kappa shape index (κ3) is 8.01. The molecule has 0 radical (unpaired) electrons. The summed E-state index contributed by atoms with van der Waals surface area (Å²) < 4.78 is 0. The van der Waals surface area contributed by atoms with Gasteiger partial charge in [0.2, 0.25) is 0 Å². The highest BCUT2D eigenvalue weighted by Gasteiger charge is 2.17. The normalized spacial score (nSPS) is 12.3. The summed E-state index contributed by atoms with van der Waals surface area (Å²) in [5, 5.41) is 6.80. The molecule has 0 aromatic carbocycles. The number of pyridine rings is 1. The van der Waals surface area contributed by atoms with Gasteiger partial charge in [-0.3, -0.25) is 9.98 Å². The van der Waals surface area contributed by atoms with E-state index in [4.69, 9.17) is 0 Å². The first-order valence-corrected chi connectivity index (χ1v) is 8.42. The molecule has 0 aliphatic carbocycles. The minimum absolute atomic E-state index is 0.299. The summed E-state index contributed by atoms with van der Waals surface area (Å²) in [6.07, 6.45) is 7.89. The highest BCUT2D eigenvalue weighted by molar-refractivity contribution is 5.79. The van der Waals surface area contributed by atoms with Gasteiger partial charge in [-0.1, -0.05) is 46.1 Å². The van der Waals surface area contributed by atoms with Crippen LogP contribution in [0.2, 0.25) is 0 Å². The monoisotopic (exact) mass is 304 g/mol. The zero-order valence-corrected chi connectivity index (χ0v) is 14.7. The van der Waals surface area contributed by atoms with Crippen molar-refractivity contribution in [3.05, 3.63) is 30.1 Å². The molecule has 0 saturated carbocycles. The van der Waals surface area contributed by atoms with Crippen LogP contribution in [0, 0.1) is 5.41 Å². The molecule has 0 atom stereocenters. The third-order valence-corrected chi connectivity index (χ3v) is 3.81. The molecule has 0 bridgehead atoms. The van der Waals surface area contributed by atoms with E-state index in [1.807, 2.05) is 25.4 Å². The number of nitrogens with one attached hydrogen (secondary N) is 2. The summed E-state index contributed by atoms with van der Waals surface area (Å²) in [5.41, 5.74) is 1.40. The Bertz CT molecular complexity index is 426. The van der Waals surface area contributed by atoms with E-state index in [1.165, 1.54) is 25.7 Å². The molecule has 0 saturated heterocycles. The van der Waals surface area contributed by atoms with Crippen LogP contribution in [0.4, 0.5) is 0 Å². The predicted octanol–water partition coefficient (Wildman–Crippen LogP) is 3.40. The van der Waals surface area contributed by atoms with Crippen molar-refractivity contribution in [3.8, 4) is 0 Å². The van der Waals surface area contributed by atoms with Gasteiger partial charge in [0.1, 0.15) is 0 Å². The van der Waals surface area contributed by atoms with Crippen LogP contribution in [-0.4, -0.2) is 31.1 Å². The standard InChI is InChI=1S/C18H32N4/c1-5-6-8-12-18(2,3)15-22-17(19-4)21-14-11-16-10-7-9-13-20-16/h7,9-10,13H,5-6,8,11-12,14-15H2,1-4H3,(H2,19,21,22). The molecular formula is C18H32N4. The van der Waals surface area contributed by atoms with E-state index in [1.54, 1.807) is 0 Å². The molecule has 1 aromatic heterocycles. The number of aromatic nitrogens is 1. The molecule has 4 heteroatoms. The first-order valence-electron chi connectivity index (χ1n) is 8.42. The Hall–Kier alpha value is -1.58. The summed E-state index contributed by atoms with van der Waals surface area (Å²) in [6.45, 7) is 8.67. The van der Waals surface area contributed by atoms with Crippen molar-refractivity contribution >= 4 is 5.96 Å². The maximum Gasteiger partial charge on any atom is 0.191 e. The van der Waals surface area contributed by atoms with Gasteiger partial charge in [0, 0.05) is 38.4 Å². The number of rotatable bonds is 9. The average Bonchev–Trinajstić information content (AvgIpc) is 2.52. The van der Waals surface area contributed by atoms with Crippen LogP contribution < -0.4 is 10.6 Å². The fourth-order valence-electron chi connectivity index (χ4n) is 2.34. The second kappa shape index (κ2) is 10.2. The van der Waals surface area contributed by atoms with Crippen LogP contribution in [0.1, 0.15) is 52.1 Å². The molecule has 4 nitrogen and oxygen atoms in total. The van der Waals surface area contributed by atoms with Crippen molar-refractivity contribution in [1.82, 2.24) is 15.6 Å². The van der Waals surface area contributed by atoms with Gasteiger partial charge < -0.3 is 10.6 Å². The molecule has 1 heterocycles. The highest BCUT2D eigenvalue weighted by Crippen LogP contribution is 2.22. The number of unbranched alkanes of at least 4 members (excludes halogenated alkanes) is 2. The Balaban J connectivity index is 2.27. The van der Waals surface area contributed by atoms with E-state index in [-0.39, 0.29) is 0 Å². The Morgan fingerprint density at radius 2 is 2.05 bits per heavy atom. The van der Waals surface area contributed by atoms with E-state index in [0.29, 0.717) is 5.41 Å². The summed E-state index contributed by atoms with van der Waals surface area (Å²) >= 11 is 0. The maximum absolute atomic E-state index is 4.33. The number of aliphatic imine (C=N–C) groups is 1. The zero-order chi connectivity index (χ0) is 16.3. The topological polar surface area (TPSA) is 49.3 Å². The Labute approximate surface area is 135 Å². The molecule has 124 valence electrons. The summed E-state index contributed by atoms with van der Waals surface area (Å²) in [6, 6.07) is 6.01. The predicted molar refractivity (Wildman–Crippen MR) is 95.2 cm³/mol. The molecule has 0 aliphatic rings. The minimum atomic E-state index is 0.299. The number of hydrogen-bond donors (Lipinski definition) is 2. The largest absolute Gasteiger partial charge is 0.356 e. The first-order chi connectivity index (χ1) is 10.6. The van der Waals surface area contributed by atoms with Crippen LogP contribution >= 0.6 is 0 Å². The molecule has 1 aromatic rings. The summed E-state index contributed by atoms with van der Waals surface area (Å²) in [7, 11) is 1.82. The third-order valence-electron chi connectivity index (χ3n) is 3.81. The van der Waals surface area contributed by atoms with E-state index >= 15 is 0 Å². The fraction of sp³-hybridized carbons (Fsp3) is 0.667. The first kappa shape index (κ1) is 18.5. The molecule has 0 amide bonds. The molecule has 0 fully saturated rings. The van der Waals surface area contributed by atoms with E-state index in [2.05, 4.69) is 47.4 Å². The molecule has 1 rings (SSSR count). The SMILES string of the molecule is CCCCCC(C)(C)CNC(=NC)NCCc1ccccn1. The smallest absolute Gasteiger partial charge is 0.191 e. The molecule has 22 heavy (non-hydrogen) atoms. The Kier molecular flexibility index (Phi) is 8.56. The minimum Gasteiger partial charge on any atom is -0.356 e. The highest BCUT2D eigenvalue weighted by atomic mass is 15.2. The van der Waals surface area contributed by atoms with Crippen LogP contribution in [0.5, 0.6) is 0 Å². The van der Waals surface area contributed by atoms with Gasteiger partial charge in [0.25, 0.3) is 0 Å². The Morgan fingerprint density at radius 1 is 1.23 bits per heavy atom. The van der Waals surface area contributed by atoms with Crippen LogP contribution in [0.25, 0.3) is 0 Å². The van der Waals surface area contributed by atoms with Gasteiger partial charge in [-0.2, -0.15) is 0 Å². The molecule has 2 N–H and O–H groups in total. The van der Waals surface area contributed by atoms with Crippen LogP contribution in [-0.2, 0) is 6.42 Å². The van der Waals surface area contributed by atoms with Gasteiger partial charge in [-0.15, -0.1) is 0 Å². The van der Waals surface area contributed by atoms with Gasteiger partial charge in [-0.25, -0.2) is 0 Å². The number of nitrogens with zero attached hydrogens (tertiary/aromatic N) is 2. The van der Waals surface area contributed by atoms with Gasteiger partial charge in [0.15, 0.2) is 5.96 Å². The zero-order valence-electron chi connectivity index (χ0n) is 14.7. The lowest BCUT2D eigenvalue weighted by molar-refractivity contribution is 0.318. The van der Waals surface area contributed by atoms with Gasteiger partial charge in [0.05, 0.1) is 0 Å². The molecular weight excluding hydrogens is 272 g/mol.